The average molecular weight is 374 g/mol. The van der Waals surface area contributed by atoms with Gasteiger partial charge in [-0.1, -0.05) is 6.07 Å². The van der Waals surface area contributed by atoms with E-state index in [1.165, 1.54) is 60.7 Å². The van der Waals surface area contributed by atoms with Crippen LogP contribution in [-0.4, -0.2) is 14.2 Å². The Kier molecular flexibility index (Phi) is 4.81. The number of carbonyl (C=O) groups is 1. The van der Waals surface area contributed by atoms with Crippen molar-refractivity contribution in [2.24, 2.45) is 0 Å². The van der Waals surface area contributed by atoms with E-state index in [1.807, 2.05) is 0 Å². The maximum atomic E-state index is 13.2. The highest BCUT2D eigenvalue weighted by Gasteiger charge is 2.18. The number of carbonyl (C=O) groups excluding carboxylic acids is 1. The van der Waals surface area contributed by atoms with Crippen LogP contribution in [0.3, 0.4) is 0 Å². The molecule has 132 valence electrons. The Hall–Kier alpha value is -3.06. The Morgan fingerprint density at radius 1 is 0.769 bits per heavy atom. The van der Waals surface area contributed by atoms with E-state index in [-0.39, 0.29) is 22.0 Å². The van der Waals surface area contributed by atoms with Gasteiger partial charge in [0.2, 0.25) is 0 Å². The van der Waals surface area contributed by atoms with Gasteiger partial charge < -0.3 is 4.18 Å². The zero-order valence-corrected chi connectivity index (χ0v) is 14.0. The molecule has 0 saturated heterocycles. The number of ketones is 1. The average Bonchev–Trinajstić information content (AvgIpc) is 2.62. The van der Waals surface area contributed by atoms with Gasteiger partial charge in [-0.3, -0.25) is 4.79 Å². The molecule has 0 aromatic heterocycles. The van der Waals surface area contributed by atoms with Crippen LogP contribution in [0.25, 0.3) is 0 Å². The summed E-state index contributed by atoms with van der Waals surface area (Å²) in [6.45, 7) is 0. The maximum Gasteiger partial charge on any atom is 0.339 e. The Morgan fingerprint density at radius 3 is 1.92 bits per heavy atom. The topological polar surface area (TPSA) is 60.4 Å². The predicted octanol–water partition coefficient (Wildman–Crippen LogP) is 3.96. The molecule has 0 radical (unpaired) electrons. The van der Waals surface area contributed by atoms with Crippen molar-refractivity contribution in [1.29, 1.82) is 0 Å². The largest absolute Gasteiger partial charge is 0.379 e. The SMILES string of the molecule is O=C(c1ccc(F)cc1)c1ccc(OS(=O)(=O)c2cccc(F)c2)cc1. The van der Waals surface area contributed by atoms with Gasteiger partial charge >= 0.3 is 10.1 Å². The van der Waals surface area contributed by atoms with Crippen molar-refractivity contribution in [3.8, 4) is 5.75 Å². The van der Waals surface area contributed by atoms with Gasteiger partial charge in [-0.15, -0.1) is 0 Å². The molecule has 0 atom stereocenters. The minimum atomic E-state index is -4.19. The molecule has 0 fully saturated rings. The van der Waals surface area contributed by atoms with E-state index >= 15 is 0 Å². The summed E-state index contributed by atoms with van der Waals surface area (Å²) in [7, 11) is -4.19. The smallest absolute Gasteiger partial charge is 0.339 e. The standard InChI is InChI=1S/C19H12F2O4S/c20-15-8-4-13(5-9-15)19(22)14-6-10-17(11-7-14)25-26(23,24)18-3-1-2-16(21)12-18/h1-12H. The van der Waals surface area contributed by atoms with Crippen LogP contribution in [0.15, 0.2) is 77.7 Å². The quantitative estimate of drug-likeness (QED) is 0.501. The van der Waals surface area contributed by atoms with Gasteiger partial charge in [-0.25, -0.2) is 8.78 Å². The Labute approximate surface area is 148 Å². The molecule has 3 rings (SSSR count). The summed E-state index contributed by atoms with van der Waals surface area (Å²) in [5.41, 5.74) is 0.583. The molecule has 3 aromatic carbocycles. The first kappa shape index (κ1) is 17.8. The molecule has 0 amide bonds. The van der Waals surface area contributed by atoms with Gasteiger partial charge in [0, 0.05) is 11.1 Å². The summed E-state index contributed by atoms with van der Waals surface area (Å²) in [5, 5.41) is 0. The molecule has 4 nitrogen and oxygen atoms in total. The van der Waals surface area contributed by atoms with Crippen molar-refractivity contribution in [2.45, 2.75) is 4.90 Å². The molecule has 26 heavy (non-hydrogen) atoms. The summed E-state index contributed by atoms with van der Waals surface area (Å²) in [6.07, 6.45) is 0. The Bertz CT molecular complexity index is 1040. The third-order valence-electron chi connectivity index (χ3n) is 3.51. The van der Waals surface area contributed by atoms with Crippen LogP contribution in [0.4, 0.5) is 8.78 Å². The minimum absolute atomic E-state index is 0.0232. The zero-order chi connectivity index (χ0) is 18.7. The van der Waals surface area contributed by atoms with Gasteiger partial charge in [0.25, 0.3) is 0 Å². The number of hydrogen-bond acceptors (Lipinski definition) is 4. The lowest BCUT2D eigenvalue weighted by molar-refractivity contribution is 0.103. The van der Waals surface area contributed by atoms with Crippen LogP contribution < -0.4 is 4.18 Å². The third-order valence-corrected chi connectivity index (χ3v) is 4.76. The molecule has 0 unspecified atom stereocenters. The van der Waals surface area contributed by atoms with Crippen LogP contribution in [0.1, 0.15) is 15.9 Å². The molecule has 0 aliphatic carbocycles. The van der Waals surface area contributed by atoms with Crippen LogP contribution >= 0.6 is 0 Å². The number of benzene rings is 3. The molecule has 0 bridgehead atoms. The molecular formula is C19H12F2O4S. The fourth-order valence-corrected chi connectivity index (χ4v) is 3.19. The molecule has 0 aliphatic heterocycles. The van der Waals surface area contributed by atoms with Crippen molar-refractivity contribution in [3.63, 3.8) is 0 Å². The predicted molar refractivity (Wildman–Crippen MR) is 90.5 cm³/mol. The van der Waals surface area contributed by atoms with Gasteiger partial charge in [0.1, 0.15) is 22.3 Å². The minimum Gasteiger partial charge on any atom is -0.379 e. The van der Waals surface area contributed by atoms with Gasteiger partial charge in [-0.05, 0) is 66.7 Å². The first-order valence-electron chi connectivity index (χ1n) is 7.45. The molecular weight excluding hydrogens is 362 g/mol. The second-order valence-electron chi connectivity index (χ2n) is 5.36. The first-order chi connectivity index (χ1) is 12.3. The van der Waals surface area contributed by atoms with Crippen molar-refractivity contribution >= 4 is 15.9 Å². The van der Waals surface area contributed by atoms with Crippen molar-refractivity contribution in [1.82, 2.24) is 0 Å². The molecule has 0 N–H and O–H groups in total. The van der Waals surface area contributed by atoms with Crippen molar-refractivity contribution in [2.75, 3.05) is 0 Å². The lowest BCUT2D eigenvalue weighted by Gasteiger charge is -2.08. The molecule has 0 aliphatic rings. The van der Waals surface area contributed by atoms with E-state index < -0.39 is 21.8 Å². The Balaban J connectivity index is 1.79. The number of halogens is 2. The van der Waals surface area contributed by atoms with Crippen LogP contribution in [0, 0.1) is 11.6 Å². The highest BCUT2D eigenvalue weighted by atomic mass is 32.2. The molecule has 3 aromatic rings. The fourth-order valence-electron chi connectivity index (χ4n) is 2.23. The van der Waals surface area contributed by atoms with E-state index in [2.05, 4.69) is 0 Å². The van der Waals surface area contributed by atoms with Crippen LogP contribution in [0.2, 0.25) is 0 Å². The lowest BCUT2D eigenvalue weighted by atomic mass is 10.0. The molecule has 0 heterocycles. The second-order valence-corrected chi connectivity index (χ2v) is 6.90. The fraction of sp³-hybridized carbons (Fsp3) is 0. The van der Waals surface area contributed by atoms with Crippen molar-refractivity contribution in [3.05, 3.63) is 95.6 Å². The number of rotatable bonds is 5. The Morgan fingerprint density at radius 2 is 1.35 bits per heavy atom. The lowest BCUT2D eigenvalue weighted by Crippen LogP contribution is -2.10. The summed E-state index contributed by atoms with van der Waals surface area (Å²) in [6, 6.07) is 14.9. The normalized spacial score (nSPS) is 11.2. The van der Waals surface area contributed by atoms with Crippen LogP contribution in [0.5, 0.6) is 5.75 Å². The monoisotopic (exact) mass is 374 g/mol. The third kappa shape index (κ3) is 3.94. The number of hydrogen-bond donors (Lipinski definition) is 0. The molecule has 7 heteroatoms. The van der Waals surface area contributed by atoms with Gasteiger partial charge in [0.15, 0.2) is 5.78 Å². The van der Waals surface area contributed by atoms with Crippen molar-refractivity contribution < 1.29 is 26.2 Å². The van der Waals surface area contributed by atoms with E-state index in [0.29, 0.717) is 5.56 Å². The summed E-state index contributed by atoms with van der Waals surface area (Å²) < 4.78 is 55.3. The highest BCUT2D eigenvalue weighted by Crippen LogP contribution is 2.21. The second kappa shape index (κ2) is 7.05. The van der Waals surface area contributed by atoms with E-state index in [9.17, 15) is 22.0 Å². The molecule has 0 saturated carbocycles. The highest BCUT2D eigenvalue weighted by molar-refractivity contribution is 7.87. The van der Waals surface area contributed by atoms with E-state index in [4.69, 9.17) is 4.18 Å². The summed E-state index contributed by atoms with van der Waals surface area (Å²) in [4.78, 5) is 12.0. The zero-order valence-electron chi connectivity index (χ0n) is 13.2. The molecule has 0 spiro atoms. The van der Waals surface area contributed by atoms with Crippen LogP contribution in [-0.2, 0) is 10.1 Å². The van der Waals surface area contributed by atoms with Gasteiger partial charge in [0.05, 0.1) is 0 Å². The first-order valence-corrected chi connectivity index (χ1v) is 8.86. The summed E-state index contributed by atoms with van der Waals surface area (Å²) >= 11 is 0. The van der Waals surface area contributed by atoms with E-state index in [1.54, 1.807) is 0 Å². The summed E-state index contributed by atoms with van der Waals surface area (Å²) in [5.74, 6) is -1.52. The maximum absolute atomic E-state index is 13.2. The van der Waals surface area contributed by atoms with Gasteiger partial charge in [-0.2, -0.15) is 8.42 Å². The van der Waals surface area contributed by atoms with E-state index in [0.717, 1.165) is 12.1 Å².